The van der Waals surface area contributed by atoms with E-state index >= 15 is 0 Å². The lowest BCUT2D eigenvalue weighted by Crippen LogP contribution is -2.60. The van der Waals surface area contributed by atoms with Crippen LogP contribution in [-0.4, -0.2) is 77.7 Å². The second-order valence-electron chi connectivity index (χ2n) is 9.36. The quantitative estimate of drug-likeness (QED) is 0.661. The third-order valence-electron chi connectivity index (χ3n) is 6.97. The van der Waals surface area contributed by atoms with Gasteiger partial charge in [-0.25, -0.2) is 0 Å². The van der Waals surface area contributed by atoms with Crippen molar-refractivity contribution in [2.24, 2.45) is 0 Å². The van der Waals surface area contributed by atoms with E-state index in [9.17, 15) is 14.4 Å². The number of benzene rings is 1. The van der Waals surface area contributed by atoms with Gasteiger partial charge in [0.25, 0.3) is 5.91 Å². The highest BCUT2D eigenvalue weighted by molar-refractivity contribution is 5.95. The second-order valence-corrected chi connectivity index (χ2v) is 9.36. The Balaban J connectivity index is 1.23. The lowest BCUT2D eigenvalue weighted by Gasteiger charge is -2.42. The van der Waals surface area contributed by atoms with E-state index in [2.05, 4.69) is 10.2 Å². The summed E-state index contributed by atoms with van der Waals surface area (Å²) in [7, 11) is 0. The molecule has 3 aliphatic heterocycles. The van der Waals surface area contributed by atoms with Crippen molar-refractivity contribution >= 4 is 17.7 Å². The fourth-order valence-electron chi connectivity index (χ4n) is 5.11. The molecule has 32 heavy (non-hydrogen) atoms. The maximum atomic E-state index is 12.8. The zero-order chi connectivity index (χ0) is 22.3. The molecule has 3 aliphatic rings. The molecule has 0 aliphatic carbocycles. The normalized spacial score (nSPS) is 22.4. The minimum Gasteiger partial charge on any atom is -0.352 e. The van der Waals surface area contributed by atoms with Crippen LogP contribution in [0.4, 0.5) is 0 Å². The third-order valence-corrected chi connectivity index (χ3v) is 6.97. The summed E-state index contributed by atoms with van der Waals surface area (Å²) in [6.07, 6.45) is 8.96. The maximum Gasteiger partial charge on any atom is 0.251 e. The molecule has 1 aromatic rings. The first kappa shape index (κ1) is 22.8. The van der Waals surface area contributed by atoms with Crippen LogP contribution in [0.3, 0.4) is 0 Å². The zero-order valence-corrected chi connectivity index (χ0v) is 19.1. The first-order valence-corrected chi connectivity index (χ1v) is 12.3. The standard InChI is InChI=1S/C25H36N4O3/c30-23-19-28(25(32)22-8-3-6-17-29(22)23)18-20-9-11-21(12-10-20)24(31)26-13-7-16-27-14-4-1-2-5-15-27/h9-12,22H,1-8,13-19H2,(H,26,31). The number of piperidine rings is 1. The molecule has 0 spiro atoms. The number of likely N-dealkylation sites (tertiary alicyclic amines) is 1. The second kappa shape index (κ2) is 10.9. The lowest BCUT2D eigenvalue weighted by molar-refractivity contribution is -0.158. The van der Waals surface area contributed by atoms with Gasteiger partial charge in [0, 0.05) is 25.2 Å². The summed E-state index contributed by atoms with van der Waals surface area (Å²) >= 11 is 0. The Labute approximate surface area is 191 Å². The highest BCUT2D eigenvalue weighted by atomic mass is 16.2. The van der Waals surface area contributed by atoms with Crippen LogP contribution in [0.25, 0.3) is 0 Å². The van der Waals surface area contributed by atoms with Crippen molar-refractivity contribution in [3.8, 4) is 0 Å². The molecule has 7 heteroatoms. The number of fused-ring (bicyclic) bond motifs is 1. The van der Waals surface area contributed by atoms with Crippen molar-refractivity contribution in [3.05, 3.63) is 35.4 Å². The maximum absolute atomic E-state index is 12.8. The van der Waals surface area contributed by atoms with Gasteiger partial charge in [-0.15, -0.1) is 0 Å². The molecule has 7 nitrogen and oxygen atoms in total. The van der Waals surface area contributed by atoms with Crippen molar-refractivity contribution in [1.82, 2.24) is 20.0 Å². The molecule has 174 valence electrons. The Bertz CT molecular complexity index is 802. The number of hydrogen-bond acceptors (Lipinski definition) is 4. The number of rotatable bonds is 7. The minimum atomic E-state index is -0.288. The van der Waals surface area contributed by atoms with E-state index in [-0.39, 0.29) is 30.3 Å². The van der Waals surface area contributed by atoms with Crippen LogP contribution in [0.5, 0.6) is 0 Å². The smallest absolute Gasteiger partial charge is 0.251 e. The van der Waals surface area contributed by atoms with Gasteiger partial charge in [0.05, 0.1) is 0 Å². The molecule has 3 saturated heterocycles. The van der Waals surface area contributed by atoms with Crippen LogP contribution >= 0.6 is 0 Å². The topological polar surface area (TPSA) is 73.0 Å². The van der Waals surface area contributed by atoms with Crippen molar-refractivity contribution in [2.75, 3.05) is 39.3 Å². The molecule has 0 aromatic heterocycles. The molecule has 4 rings (SSSR count). The number of amides is 3. The van der Waals surface area contributed by atoms with Gasteiger partial charge in [0.2, 0.25) is 11.8 Å². The van der Waals surface area contributed by atoms with Crippen LogP contribution < -0.4 is 5.32 Å². The average Bonchev–Trinajstić information content (AvgIpc) is 3.09. The molecule has 1 N–H and O–H groups in total. The number of carbonyl (C=O) groups is 3. The highest BCUT2D eigenvalue weighted by Gasteiger charge is 2.40. The molecule has 3 heterocycles. The summed E-state index contributed by atoms with van der Waals surface area (Å²) in [5.41, 5.74) is 1.57. The van der Waals surface area contributed by atoms with Gasteiger partial charge < -0.3 is 20.0 Å². The van der Waals surface area contributed by atoms with Crippen LogP contribution in [-0.2, 0) is 16.1 Å². The lowest BCUT2D eigenvalue weighted by atomic mass is 9.98. The molecule has 3 fully saturated rings. The van der Waals surface area contributed by atoms with E-state index in [0.29, 0.717) is 25.2 Å². The van der Waals surface area contributed by atoms with Crippen LogP contribution in [0.15, 0.2) is 24.3 Å². The monoisotopic (exact) mass is 440 g/mol. The molecule has 0 bridgehead atoms. The predicted molar refractivity (Wildman–Crippen MR) is 123 cm³/mol. The Morgan fingerprint density at radius 2 is 1.66 bits per heavy atom. The molecule has 1 unspecified atom stereocenters. The predicted octanol–water partition coefficient (Wildman–Crippen LogP) is 2.41. The summed E-state index contributed by atoms with van der Waals surface area (Å²) in [5, 5.41) is 3.02. The number of carbonyl (C=O) groups excluding carboxylic acids is 3. The molecule has 0 saturated carbocycles. The Morgan fingerprint density at radius 1 is 0.938 bits per heavy atom. The Kier molecular flexibility index (Phi) is 7.79. The fourth-order valence-corrected chi connectivity index (χ4v) is 5.11. The first-order chi connectivity index (χ1) is 15.6. The third kappa shape index (κ3) is 5.68. The zero-order valence-electron chi connectivity index (χ0n) is 19.1. The van der Waals surface area contributed by atoms with E-state index < -0.39 is 0 Å². The van der Waals surface area contributed by atoms with Crippen molar-refractivity contribution in [2.45, 2.75) is 64.0 Å². The number of nitrogens with zero attached hydrogens (tertiary/aromatic N) is 3. The summed E-state index contributed by atoms with van der Waals surface area (Å²) in [6, 6.07) is 7.10. The summed E-state index contributed by atoms with van der Waals surface area (Å²) in [4.78, 5) is 43.7. The van der Waals surface area contributed by atoms with E-state index in [4.69, 9.17) is 0 Å². The number of nitrogens with one attached hydrogen (secondary N) is 1. The molecule has 1 aromatic carbocycles. The van der Waals surface area contributed by atoms with Gasteiger partial charge >= 0.3 is 0 Å². The summed E-state index contributed by atoms with van der Waals surface area (Å²) in [5.74, 6) is 0.0375. The SMILES string of the molecule is O=C(NCCCN1CCCCCC1)c1ccc(CN2CC(=O)N3CCCCC3C2=O)cc1. The van der Waals surface area contributed by atoms with Crippen LogP contribution in [0, 0.1) is 0 Å². The first-order valence-electron chi connectivity index (χ1n) is 12.3. The average molecular weight is 441 g/mol. The Hall–Kier alpha value is -2.41. The Morgan fingerprint density at radius 3 is 2.41 bits per heavy atom. The highest BCUT2D eigenvalue weighted by Crippen LogP contribution is 2.24. The van der Waals surface area contributed by atoms with Crippen molar-refractivity contribution < 1.29 is 14.4 Å². The van der Waals surface area contributed by atoms with E-state index in [0.717, 1.165) is 37.8 Å². The van der Waals surface area contributed by atoms with E-state index in [1.54, 1.807) is 9.80 Å². The molecular weight excluding hydrogens is 404 g/mol. The molecule has 1 atom stereocenters. The number of hydrogen-bond donors (Lipinski definition) is 1. The van der Waals surface area contributed by atoms with E-state index in [1.807, 2.05) is 24.3 Å². The van der Waals surface area contributed by atoms with Gasteiger partial charge in [-0.2, -0.15) is 0 Å². The van der Waals surface area contributed by atoms with Gasteiger partial charge in [-0.1, -0.05) is 25.0 Å². The van der Waals surface area contributed by atoms with Gasteiger partial charge in [0.1, 0.15) is 12.6 Å². The van der Waals surface area contributed by atoms with Gasteiger partial charge in [0.15, 0.2) is 0 Å². The van der Waals surface area contributed by atoms with Gasteiger partial charge in [-0.3, -0.25) is 14.4 Å². The fraction of sp³-hybridized carbons (Fsp3) is 0.640. The van der Waals surface area contributed by atoms with Crippen molar-refractivity contribution in [3.63, 3.8) is 0 Å². The largest absolute Gasteiger partial charge is 0.352 e. The summed E-state index contributed by atoms with van der Waals surface area (Å²) < 4.78 is 0. The van der Waals surface area contributed by atoms with Crippen molar-refractivity contribution in [1.29, 1.82) is 0 Å². The summed E-state index contributed by atoms with van der Waals surface area (Å²) in [6.45, 7) is 5.34. The number of piperazine rings is 1. The van der Waals surface area contributed by atoms with E-state index in [1.165, 1.54) is 38.8 Å². The molecule has 0 radical (unpaired) electrons. The van der Waals surface area contributed by atoms with Crippen LogP contribution in [0.1, 0.15) is 67.3 Å². The van der Waals surface area contributed by atoms with Gasteiger partial charge in [-0.05, 0) is 75.9 Å². The van der Waals surface area contributed by atoms with Crippen LogP contribution in [0.2, 0.25) is 0 Å². The molecule has 3 amide bonds. The minimum absolute atomic E-state index is 0.0467. The molecular formula is C25H36N4O3.